The molecule has 7 nitrogen and oxygen atoms in total. The second-order valence-corrected chi connectivity index (χ2v) is 5.33. The van der Waals surface area contributed by atoms with E-state index < -0.39 is 0 Å². The van der Waals surface area contributed by atoms with Crippen molar-refractivity contribution in [1.29, 1.82) is 0 Å². The maximum Gasteiger partial charge on any atom is 0.261 e. The summed E-state index contributed by atoms with van der Waals surface area (Å²) in [5.41, 5.74) is 3.71. The van der Waals surface area contributed by atoms with Crippen LogP contribution in [-0.4, -0.2) is 26.9 Å². The number of anilines is 1. The highest BCUT2D eigenvalue weighted by Gasteiger charge is 2.31. The summed E-state index contributed by atoms with van der Waals surface area (Å²) in [7, 11) is 0. The number of carbonyl (C=O) groups excluding carboxylic acids is 2. The first-order valence-electron chi connectivity index (χ1n) is 5.90. The zero-order chi connectivity index (χ0) is 14.1. The Morgan fingerprint density at radius 2 is 2.10 bits per heavy atom. The molecule has 0 saturated carbocycles. The van der Waals surface area contributed by atoms with Crippen LogP contribution >= 0.6 is 11.3 Å². The monoisotopic (exact) mass is 289 g/mol. The Balaban J connectivity index is 1.87. The van der Waals surface area contributed by atoms with Crippen LogP contribution in [0.3, 0.4) is 0 Å². The van der Waals surface area contributed by atoms with E-state index in [0.29, 0.717) is 15.7 Å². The van der Waals surface area contributed by atoms with Gasteiger partial charge in [-0.25, -0.2) is 5.84 Å². The van der Waals surface area contributed by atoms with E-state index in [2.05, 4.69) is 15.6 Å². The summed E-state index contributed by atoms with van der Waals surface area (Å²) in [6.45, 7) is 0.116. The highest BCUT2D eigenvalue weighted by atomic mass is 32.1. The van der Waals surface area contributed by atoms with Gasteiger partial charge in [0.2, 0.25) is 11.0 Å². The lowest BCUT2D eigenvalue weighted by Crippen LogP contribution is -2.41. The number of amides is 2. The Hall–Kier alpha value is -2.32. The van der Waals surface area contributed by atoms with Gasteiger partial charge in [-0.1, -0.05) is 29.5 Å². The third-order valence-corrected chi connectivity index (χ3v) is 3.86. The number of nitrogen functional groups attached to an aromatic ring is 1. The van der Waals surface area contributed by atoms with Crippen LogP contribution in [0, 0.1) is 0 Å². The largest absolute Gasteiger partial charge is 0.298 e. The minimum Gasteiger partial charge on any atom is -0.298 e. The summed E-state index contributed by atoms with van der Waals surface area (Å²) in [4.78, 5) is 25.6. The second-order valence-electron chi connectivity index (χ2n) is 4.26. The topological polar surface area (TPSA) is 101 Å². The Morgan fingerprint density at radius 3 is 2.85 bits per heavy atom. The minimum atomic E-state index is -0.297. The molecular weight excluding hydrogens is 278 g/mol. The quantitative estimate of drug-likeness (QED) is 0.486. The van der Waals surface area contributed by atoms with Gasteiger partial charge in [0, 0.05) is 5.56 Å². The fourth-order valence-corrected chi connectivity index (χ4v) is 2.71. The molecule has 1 aromatic heterocycles. The first-order valence-corrected chi connectivity index (χ1v) is 6.72. The Morgan fingerprint density at radius 1 is 1.30 bits per heavy atom. The Bertz CT molecular complexity index is 684. The van der Waals surface area contributed by atoms with Crippen LogP contribution < -0.4 is 11.3 Å². The van der Waals surface area contributed by atoms with Crippen molar-refractivity contribution in [2.75, 3.05) is 5.43 Å². The molecule has 0 saturated heterocycles. The number of benzene rings is 1. The van der Waals surface area contributed by atoms with Crippen molar-refractivity contribution < 1.29 is 9.59 Å². The summed E-state index contributed by atoms with van der Waals surface area (Å²) in [6, 6.07) is 7.12. The number of imide groups is 1. The van der Waals surface area contributed by atoms with E-state index in [4.69, 9.17) is 5.84 Å². The molecule has 2 aromatic rings. The van der Waals surface area contributed by atoms with Crippen molar-refractivity contribution in [2.24, 2.45) is 5.84 Å². The number of aromatic nitrogens is 2. The standard InChI is InChI=1S/C12H11N5O2S/c13-14-12-16-15-9(20-12)6-17-10(18)5-7-3-1-2-4-8(7)11(17)19/h1-4H,5-6,13H2,(H,14,16). The molecule has 1 aromatic carbocycles. The summed E-state index contributed by atoms with van der Waals surface area (Å²) in [5, 5.41) is 8.66. The molecule has 0 atom stereocenters. The predicted molar refractivity (Wildman–Crippen MR) is 72.7 cm³/mol. The van der Waals surface area contributed by atoms with E-state index in [9.17, 15) is 9.59 Å². The van der Waals surface area contributed by atoms with Gasteiger partial charge in [0.15, 0.2) is 0 Å². The molecule has 102 valence electrons. The van der Waals surface area contributed by atoms with Crippen molar-refractivity contribution in [3.63, 3.8) is 0 Å². The van der Waals surface area contributed by atoms with E-state index in [1.54, 1.807) is 18.2 Å². The average Bonchev–Trinajstić information content (AvgIpc) is 2.91. The predicted octanol–water partition coefficient (Wildman–Crippen LogP) is 0.549. The van der Waals surface area contributed by atoms with Crippen LogP contribution in [0.4, 0.5) is 5.13 Å². The SMILES string of the molecule is NNc1nnc(CN2C(=O)Cc3ccccc3C2=O)s1. The number of rotatable bonds is 3. The molecule has 2 heterocycles. The van der Waals surface area contributed by atoms with Gasteiger partial charge in [0.05, 0.1) is 13.0 Å². The number of nitrogens with zero attached hydrogens (tertiary/aromatic N) is 3. The number of carbonyl (C=O) groups is 2. The van der Waals surface area contributed by atoms with Crippen molar-refractivity contribution in [2.45, 2.75) is 13.0 Å². The first-order chi connectivity index (χ1) is 9.69. The van der Waals surface area contributed by atoms with Crippen LogP contribution in [0.15, 0.2) is 24.3 Å². The third kappa shape index (κ3) is 2.15. The molecule has 3 N–H and O–H groups in total. The number of hydrogen-bond donors (Lipinski definition) is 2. The number of fused-ring (bicyclic) bond motifs is 1. The summed E-state index contributed by atoms with van der Waals surface area (Å²) in [5.74, 6) is 4.70. The van der Waals surface area contributed by atoms with Crippen LogP contribution in [0.5, 0.6) is 0 Å². The van der Waals surface area contributed by atoms with E-state index in [1.807, 2.05) is 6.07 Å². The third-order valence-electron chi connectivity index (χ3n) is 3.02. The molecule has 0 unspecified atom stereocenters. The fourth-order valence-electron chi connectivity index (χ4n) is 2.07. The molecule has 0 radical (unpaired) electrons. The van der Waals surface area contributed by atoms with Crippen molar-refractivity contribution in [1.82, 2.24) is 15.1 Å². The van der Waals surface area contributed by atoms with Crippen LogP contribution in [0.1, 0.15) is 20.9 Å². The zero-order valence-electron chi connectivity index (χ0n) is 10.4. The number of hydrazine groups is 1. The molecule has 8 heteroatoms. The van der Waals surface area contributed by atoms with E-state index >= 15 is 0 Å². The van der Waals surface area contributed by atoms with E-state index in [-0.39, 0.29) is 24.8 Å². The van der Waals surface area contributed by atoms with Crippen molar-refractivity contribution in [3.05, 3.63) is 40.4 Å². The number of nitrogens with two attached hydrogens (primary N) is 1. The van der Waals surface area contributed by atoms with Gasteiger partial charge < -0.3 is 0 Å². The molecule has 20 heavy (non-hydrogen) atoms. The maximum atomic E-state index is 12.3. The lowest BCUT2D eigenvalue weighted by Gasteiger charge is -2.25. The Kier molecular flexibility index (Phi) is 3.17. The second kappa shape index (κ2) is 4.99. The van der Waals surface area contributed by atoms with E-state index in [1.165, 1.54) is 16.2 Å². The van der Waals surface area contributed by atoms with E-state index in [0.717, 1.165) is 5.56 Å². The van der Waals surface area contributed by atoms with Crippen LogP contribution in [0.2, 0.25) is 0 Å². The molecule has 0 fully saturated rings. The number of nitrogens with one attached hydrogen (secondary N) is 1. The number of hydrogen-bond acceptors (Lipinski definition) is 7. The van der Waals surface area contributed by atoms with Gasteiger partial charge in [-0.2, -0.15) is 0 Å². The average molecular weight is 289 g/mol. The lowest BCUT2D eigenvalue weighted by atomic mass is 9.99. The molecule has 2 amide bonds. The molecule has 3 rings (SSSR count). The zero-order valence-corrected chi connectivity index (χ0v) is 11.2. The fraction of sp³-hybridized carbons (Fsp3) is 0.167. The van der Waals surface area contributed by atoms with Gasteiger partial charge in [0.25, 0.3) is 5.91 Å². The van der Waals surface area contributed by atoms with Gasteiger partial charge in [0.1, 0.15) is 5.01 Å². The summed E-state index contributed by atoms with van der Waals surface area (Å²) in [6.07, 6.45) is 0.225. The molecule has 1 aliphatic heterocycles. The van der Waals surface area contributed by atoms with Gasteiger partial charge in [-0.05, 0) is 11.6 Å². The van der Waals surface area contributed by atoms with Gasteiger partial charge in [-0.3, -0.25) is 19.9 Å². The molecule has 0 aliphatic carbocycles. The molecule has 0 spiro atoms. The normalized spacial score (nSPS) is 14.3. The molecule has 0 bridgehead atoms. The van der Waals surface area contributed by atoms with Crippen molar-refractivity contribution >= 4 is 28.3 Å². The van der Waals surface area contributed by atoms with Gasteiger partial charge in [-0.15, -0.1) is 10.2 Å². The van der Waals surface area contributed by atoms with Gasteiger partial charge >= 0.3 is 0 Å². The highest BCUT2D eigenvalue weighted by Crippen LogP contribution is 2.23. The maximum absolute atomic E-state index is 12.3. The Labute approximate surface area is 118 Å². The first kappa shape index (κ1) is 12.7. The summed E-state index contributed by atoms with van der Waals surface area (Å²) >= 11 is 1.21. The minimum absolute atomic E-state index is 0.116. The molecular formula is C12H11N5O2S. The summed E-state index contributed by atoms with van der Waals surface area (Å²) < 4.78 is 0. The van der Waals surface area contributed by atoms with Crippen molar-refractivity contribution in [3.8, 4) is 0 Å². The van der Waals surface area contributed by atoms with Crippen LogP contribution in [0.25, 0.3) is 0 Å². The smallest absolute Gasteiger partial charge is 0.261 e. The molecule has 1 aliphatic rings. The highest BCUT2D eigenvalue weighted by molar-refractivity contribution is 7.15. The lowest BCUT2D eigenvalue weighted by molar-refractivity contribution is -0.128. The van der Waals surface area contributed by atoms with Crippen LogP contribution in [-0.2, 0) is 17.8 Å².